The molecule has 1 unspecified atom stereocenters. The van der Waals surface area contributed by atoms with Crippen molar-refractivity contribution in [2.24, 2.45) is 0 Å². The molecule has 1 N–H and O–H groups in total. The van der Waals surface area contributed by atoms with Crippen LogP contribution in [0.25, 0.3) is 11.4 Å². The molecular weight excluding hydrogens is 328 g/mol. The average molecular weight is 344 g/mol. The van der Waals surface area contributed by atoms with Crippen molar-refractivity contribution in [1.29, 1.82) is 0 Å². The highest BCUT2D eigenvalue weighted by Gasteiger charge is 2.37. The molecule has 26 heavy (non-hydrogen) atoms. The summed E-state index contributed by atoms with van der Waals surface area (Å²) in [6.07, 6.45) is 7.42. The van der Waals surface area contributed by atoms with E-state index < -0.39 is 0 Å². The molecule has 5 rings (SSSR count). The van der Waals surface area contributed by atoms with Crippen LogP contribution in [-0.4, -0.2) is 30.5 Å². The zero-order chi connectivity index (χ0) is 17.5. The first-order valence-electron chi connectivity index (χ1n) is 8.62. The van der Waals surface area contributed by atoms with Gasteiger partial charge >= 0.3 is 0 Å². The number of rotatable bonds is 2. The molecule has 0 saturated carbocycles. The van der Waals surface area contributed by atoms with Crippen LogP contribution in [0, 0.1) is 0 Å². The number of nitrogens with one attached hydrogen (secondary N) is 1. The molecule has 3 aromatic rings. The highest BCUT2D eigenvalue weighted by atomic mass is 16.1. The van der Waals surface area contributed by atoms with Crippen LogP contribution in [-0.2, 0) is 4.79 Å². The molecule has 0 fully saturated rings. The maximum absolute atomic E-state index is 12.7. The van der Waals surface area contributed by atoms with Gasteiger partial charge in [0, 0.05) is 41.8 Å². The third-order valence-electron chi connectivity index (χ3n) is 4.77. The lowest BCUT2D eigenvalue weighted by atomic mass is 9.87. The Labute approximate surface area is 149 Å². The minimum Gasteiger partial charge on any atom is -0.328 e. The number of hydrogen-bond acceptors (Lipinski definition) is 6. The smallest absolute Gasteiger partial charge is 0.226 e. The summed E-state index contributed by atoms with van der Waals surface area (Å²) in [7, 11) is 0. The second-order valence-corrected chi connectivity index (χ2v) is 6.39. The predicted octanol–water partition coefficient (Wildman–Crippen LogP) is 2.76. The van der Waals surface area contributed by atoms with Crippen LogP contribution in [0.1, 0.15) is 31.0 Å². The first-order valence-corrected chi connectivity index (χ1v) is 8.62. The lowest BCUT2D eigenvalue weighted by Gasteiger charge is -2.31. The molecule has 0 amide bonds. The second kappa shape index (κ2) is 5.87. The molecule has 0 aromatic carbocycles. The van der Waals surface area contributed by atoms with Crippen LogP contribution >= 0.6 is 0 Å². The fourth-order valence-corrected chi connectivity index (χ4v) is 3.59. The fourth-order valence-electron chi connectivity index (χ4n) is 3.59. The number of anilines is 1. The molecule has 4 heterocycles. The third-order valence-corrected chi connectivity index (χ3v) is 4.77. The number of carbonyl (C=O) groups is 1. The Morgan fingerprint density at radius 2 is 1.96 bits per heavy atom. The van der Waals surface area contributed by atoms with Gasteiger partial charge in [-0.15, -0.1) is 5.10 Å². The third kappa shape index (κ3) is 2.32. The van der Waals surface area contributed by atoms with E-state index >= 15 is 0 Å². The molecule has 7 heteroatoms. The van der Waals surface area contributed by atoms with E-state index in [-0.39, 0.29) is 11.8 Å². The molecule has 0 spiro atoms. The number of aromatic nitrogens is 5. The Morgan fingerprint density at radius 1 is 1.08 bits per heavy atom. The molecule has 1 atom stereocenters. The van der Waals surface area contributed by atoms with Crippen molar-refractivity contribution in [1.82, 2.24) is 24.7 Å². The summed E-state index contributed by atoms with van der Waals surface area (Å²) in [6.45, 7) is 0. The van der Waals surface area contributed by atoms with E-state index in [9.17, 15) is 4.79 Å². The van der Waals surface area contributed by atoms with Crippen molar-refractivity contribution in [2.45, 2.75) is 25.3 Å². The Kier molecular flexibility index (Phi) is 3.38. The molecule has 3 aromatic heterocycles. The van der Waals surface area contributed by atoms with Gasteiger partial charge in [0.1, 0.15) is 6.04 Å². The molecule has 0 radical (unpaired) electrons. The fraction of sp³-hybridized carbons (Fsp3) is 0.211. The van der Waals surface area contributed by atoms with Crippen LogP contribution in [0.15, 0.2) is 60.2 Å². The molecule has 1 aliphatic heterocycles. The van der Waals surface area contributed by atoms with Gasteiger partial charge < -0.3 is 5.32 Å². The number of pyridine rings is 2. The van der Waals surface area contributed by atoms with Crippen molar-refractivity contribution in [2.75, 3.05) is 5.32 Å². The van der Waals surface area contributed by atoms with Gasteiger partial charge in [-0.3, -0.25) is 14.8 Å². The van der Waals surface area contributed by atoms with Gasteiger partial charge in [0.15, 0.2) is 11.6 Å². The van der Waals surface area contributed by atoms with Crippen molar-refractivity contribution < 1.29 is 4.79 Å². The standard InChI is InChI=1S/C19H16N6O/c26-15-6-3-5-13-16(15)17(14-4-1-2-9-21-14)25-19(22-13)23-18(24-25)12-7-10-20-11-8-12/h1-2,4,7-11,17H,3,5-6H2,(H,22,23,24). The van der Waals surface area contributed by atoms with Crippen molar-refractivity contribution in [3.05, 3.63) is 65.9 Å². The van der Waals surface area contributed by atoms with Gasteiger partial charge in [-0.1, -0.05) is 6.07 Å². The summed E-state index contributed by atoms with van der Waals surface area (Å²) in [4.78, 5) is 25.9. The minimum absolute atomic E-state index is 0.154. The van der Waals surface area contributed by atoms with Gasteiger partial charge in [-0.05, 0) is 37.1 Å². The van der Waals surface area contributed by atoms with Crippen LogP contribution in [0.4, 0.5) is 5.95 Å². The number of ketones is 1. The SMILES string of the molecule is O=C1CCCC2=C1C(c1ccccn1)n1nc(-c3ccncc3)nc1N2. The number of allylic oxidation sites excluding steroid dienone is 2. The van der Waals surface area contributed by atoms with Crippen molar-refractivity contribution in [3.8, 4) is 11.4 Å². The molecule has 0 saturated heterocycles. The maximum Gasteiger partial charge on any atom is 0.226 e. The highest BCUT2D eigenvalue weighted by molar-refractivity contribution is 5.99. The van der Waals surface area contributed by atoms with Gasteiger partial charge in [-0.25, -0.2) is 4.68 Å². The molecule has 1 aliphatic carbocycles. The van der Waals surface area contributed by atoms with Gasteiger partial charge in [0.25, 0.3) is 0 Å². The van der Waals surface area contributed by atoms with E-state index in [2.05, 4.69) is 20.3 Å². The number of nitrogens with zero attached hydrogens (tertiary/aromatic N) is 5. The first-order chi connectivity index (χ1) is 12.8. The number of fused-ring (bicyclic) bond motifs is 1. The zero-order valence-electron chi connectivity index (χ0n) is 14.0. The van der Waals surface area contributed by atoms with E-state index in [1.807, 2.05) is 30.3 Å². The van der Waals surface area contributed by atoms with E-state index in [1.165, 1.54) is 0 Å². The first kappa shape index (κ1) is 14.9. The van der Waals surface area contributed by atoms with E-state index in [0.29, 0.717) is 18.2 Å². The average Bonchev–Trinajstić information content (AvgIpc) is 3.12. The molecule has 2 aliphatic rings. The van der Waals surface area contributed by atoms with Crippen LogP contribution < -0.4 is 5.32 Å². The monoisotopic (exact) mass is 344 g/mol. The molecule has 128 valence electrons. The summed E-state index contributed by atoms with van der Waals surface area (Å²) in [5, 5.41) is 8.02. The number of Topliss-reactive ketones (excluding diaryl/α,β-unsaturated/α-hetero) is 1. The second-order valence-electron chi connectivity index (χ2n) is 6.39. The summed E-state index contributed by atoms with van der Waals surface area (Å²) in [5.41, 5.74) is 3.38. The lowest BCUT2D eigenvalue weighted by molar-refractivity contribution is -0.116. The van der Waals surface area contributed by atoms with Gasteiger partial charge in [-0.2, -0.15) is 4.98 Å². The summed E-state index contributed by atoms with van der Waals surface area (Å²) in [5.74, 6) is 1.39. The van der Waals surface area contributed by atoms with Crippen LogP contribution in [0.5, 0.6) is 0 Å². The number of hydrogen-bond donors (Lipinski definition) is 1. The Bertz CT molecular complexity index is 1010. The lowest BCUT2D eigenvalue weighted by Crippen LogP contribution is -2.32. The molecule has 7 nitrogen and oxygen atoms in total. The van der Waals surface area contributed by atoms with Crippen LogP contribution in [0.2, 0.25) is 0 Å². The summed E-state index contributed by atoms with van der Waals surface area (Å²) < 4.78 is 1.78. The van der Waals surface area contributed by atoms with Gasteiger partial charge in [0.05, 0.1) is 5.69 Å². The number of carbonyl (C=O) groups excluding carboxylic acids is 1. The minimum atomic E-state index is -0.349. The highest BCUT2D eigenvalue weighted by Crippen LogP contribution is 2.39. The Morgan fingerprint density at radius 3 is 2.77 bits per heavy atom. The predicted molar refractivity (Wildman–Crippen MR) is 95.1 cm³/mol. The Balaban J connectivity index is 1.69. The normalized spacial score (nSPS) is 18.9. The largest absolute Gasteiger partial charge is 0.328 e. The Hall–Kier alpha value is -3.35. The maximum atomic E-state index is 12.7. The molecular formula is C19H16N6O. The van der Waals surface area contributed by atoms with E-state index in [0.717, 1.165) is 35.4 Å². The quantitative estimate of drug-likeness (QED) is 0.769. The summed E-state index contributed by atoms with van der Waals surface area (Å²) >= 11 is 0. The summed E-state index contributed by atoms with van der Waals surface area (Å²) in [6, 6.07) is 9.12. The van der Waals surface area contributed by atoms with E-state index in [4.69, 9.17) is 5.10 Å². The van der Waals surface area contributed by atoms with Crippen LogP contribution in [0.3, 0.4) is 0 Å². The zero-order valence-corrected chi connectivity index (χ0v) is 14.0. The van der Waals surface area contributed by atoms with Crippen molar-refractivity contribution >= 4 is 11.7 Å². The van der Waals surface area contributed by atoms with Crippen molar-refractivity contribution in [3.63, 3.8) is 0 Å². The topological polar surface area (TPSA) is 85.6 Å². The van der Waals surface area contributed by atoms with E-state index in [1.54, 1.807) is 23.3 Å². The molecule has 0 bridgehead atoms. The van der Waals surface area contributed by atoms with Gasteiger partial charge in [0.2, 0.25) is 5.95 Å².